The fourth-order valence-corrected chi connectivity index (χ4v) is 7.04. The minimum atomic E-state index is -1.91. The largest absolute Gasteiger partial charge is 0.394 e. The molecule has 4 aliphatic rings. The monoisotopic (exact) mass is 852 g/mol. The molecule has 24 heteroatoms. The topological polar surface area (TPSA) is 386 Å². The Bertz CT molecular complexity index is 1150. The highest BCUT2D eigenvalue weighted by Crippen LogP contribution is 2.31. The van der Waals surface area contributed by atoms with Crippen molar-refractivity contribution in [2.75, 3.05) is 65.8 Å². The Morgan fingerprint density at radius 2 is 0.828 bits per heavy atom. The van der Waals surface area contributed by atoms with Crippen LogP contribution in [0.3, 0.4) is 0 Å². The van der Waals surface area contributed by atoms with Gasteiger partial charge in [-0.25, -0.2) is 0 Å². The lowest BCUT2D eigenvalue weighted by molar-refractivity contribution is -0.366. The van der Waals surface area contributed by atoms with Crippen LogP contribution in [0, 0.1) is 0 Å². The van der Waals surface area contributed by atoms with Crippen LogP contribution in [0.4, 0.5) is 0 Å². The summed E-state index contributed by atoms with van der Waals surface area (Å²) in [7, 11) is 0. The van der Waals surface area contributed by atoms with Gasteiger partial charge >= 0.3 is 0 Å². The van der Waals surface area contributed by atoms with Gasteiger partial charge in [-0.05, 0) is 25.9 Å². The van der Waals surface area contributed by atoms with E-state index in [1.165, 1.54) is 0 Å². The van der Waals surface area contributed by atoms with Crippen LogP contribution < -0.4 is 5.73 Å². The first-order valence-electron chi connectivity index (χ1n) is 19.5. The number of rotatable bonds is 22. The second kappa shape index (κ2) is 24.0. The van der Waals surface area contributed by atoms with Crippen LogP contribution in [0.25, 0.3) is 0 Å². The lowest BCUT2D eigenvalue weighted by Gasteiger charge is -2.46. The standard InChI is InChI=1S/C34H64N2O22/c35-5-3-1-2-4-6-36(7-9-51-31-26(47)23(44)19(40)15(11-37)54-31)8-10-52-33-29(50)30(58-34-28(49)25(46)21(42)17(13-39)56-34)22(43)18(57-33)14-53-32-27(48)24(45)20(41)16(12-38)55-32/h15-34,37-50H,1-14,35H2/t15-,16-,17-,18-,19-,20-,21-,22-,23+,24+,25+,26+,27+,28+,29+,30+,31+,32+,33+,34-/m1/s1. The lowest BCUT2D eigenvalue weighted by Crippen LogP contribution is -2.65. The van der Waals surface area contributed by atoms with Gasteiger partial charge in [-0.2, -0.15) is 0 Å². The van der Waals surface area contributed by atoms with Crippen LogP contribution in [0.1, 0.15) is 25.7 Å². The van der Waals surface area contributed by atoms with E-state index in [0.29, 0.717) is 13.1 Å². The zero-order valence-electron chi connectivity index (χ0n) is 32.0. The Balaban J connectivity index is 1.44. The molecule has 0 aromatic heterocycles. The third-order valence-electron chi connectivity index (χ3n) is 10.7. The van der Waals surface area contributed by atoms with Crippen LogP contribution in [0.15, 0.2) is 0 Å². The SMILES string of the molecule is NCCCCCCN(CCO[C@H]1O[C@H](CO)[C@@H](O)[C@H](O)[C@@H]1O)CCO[C@H]1O[C@H](CO[C@H]2O[C@H](CO)[C@@H](O)[C@H](O)[C@@H]2O)[C@@H](O)[C@H](O[C@H]2O[C@H](CO)[C@@H](O)[C@H](O)[C@@H]2O)[C@@H]1O. The third-order valence-corrected chi connectivity index (χ3v) is 10.7. The molecule has 0 radical (unpaired) electrons. The van der Waals surface area contributed by atoms with Crippen LogP contribution in [-0.2, 0) is 37.9 Å². The molecule has 4 aliphatic heterocycles. The molecule has 0 aliphatic carbocycles. The first kappa shape index (κ1) is 49.7. The van der Waals surface area contributed by atoms with Crippen molar-refractivity contribution >= 4 is 0 Å². The number of hydrogen-bond acceptors (Lipinski definition) is 24. The maximum Gasteiger partial charge on any atom is 0.187 e. The summed E-state index contributed by atoms with van der Waals surface area (Å²) >= 11 is 0. The lowest BCUT2D eigenvalue weighted by atomic mass is 9.96. The maximum absolute atomic E-state index is 11.4. The maximum atomic E-state index is 11.4. The summed E-state index contributed by atoms with van der Waals surface area (Å²) < 4.78 is 45.0. The predicted molar refractivity (Wildman–Crippen MR) is 189 cm³/mol. The van der Waals surface area contributed by atoms with Gasteiger partial charge < -0.3 is 115 Å². The zero-order chi connectivity index (χ0) is 42.7. The molecule has 58 heavy (non-hydrogen) atoms. The molecule has 20 atom stereocenters. The van der Waals surface area contributed by atoms with Gasteiger partial charge in [0, 0.05) is 13.1 Å². The van der Waals surface area contributed by atoms with E-state index in [9.17, 15) is 71.5 Å². The van der Waals surface area contributed by atoms with Crippen LogP contribution in [0.5, 0.6) is 0 Å². The predicted octanol–water partition coefficient (Wildman–Crippen LogP) is -8.91. The smallest absolute Gasteiger partial charge is 0.187 e. The van der Waals surface area contributed by atoms with Crippen LogP contribution >= 0.6 is 0 Å². The van der Waals surface area contributed by atoms with E-state index in [1.807, 2.05) is 4.90 Å². The first-order chi connectivity index (χ1) is 27.7. The van der Waals surface area contributed by atoms with Gasteiger partial charge in [0.2, 0.25) is 0 Å². The van der Waals surface area contributed by atoms with E-state index in [0.717, 1.165) is 25.7 Å². The van der Waals surface area contributed by atoms with Crippen molar-refractivity contribution in [3.05, 3.63) is 0 Å². The van der Waals surface area contributed by atoms with E-state index in [-0.39, 0.29) is 26.3 Å². The van der Waals surface area contributed by atoms with Gasteiger partial charge in [0.1, 0.15) is 97.7 Å². The molecule has 0 bridgehead atoms. The molecular weight excluding hydrogens is 788 g/mol. The number of aliphatic hydroxyl groups is 14. The Morgan fingerprint density at radius 3 is 1.31 bits per heavy atom. The average molecular weight is 853 g/mol. The Labute approximate surface area is 334 Å². The summed E-state index contributed by atoms with van der Waals surface area (Å²) in [6.07, 6.45) is -29.2. The minimum Gasteiger partial charge on any atom is -0.394 e. The summed E-state index contributed by atoms with van der Waals surface area (Å²) in [5, 5.41) is 144. The normalized spacial score (nSPS) is 43.9. The van der Waals surface area contributed by atoms with E-state index >= 15 is 0 Å². The Hall–Kier alpha value is -0.960. The number of aliphatic hydroxyl groups excluding tert-OH is 14. The number of hydrogen-bond donors (Lipinski definition) is 15. The fraction of sp³-hybridized carbons (Fsp3) is 1.00. The highest BCUT2D eigenvalue weighted by Gasteiger charge is 2.52. The van der Waals surface area contributed by atoms with Gasteiger partial charge in [0.25, 0.3) is 0 Å². The molecule has 4 saturated heterocycles. The summed E-state index contributed by atoms with van der Waals surface area (Å²) in [4.78, 5) is 1.91. The number of nitrogens with zero attached hydrogens (tertiary/aromatic N) is 1. The summed E-state index contributed by atoms with van der Waals surface area (Å²) in [5.74, 6) is 0. The summed E-state index contributed by atoms with van der Waals surface area (Å²) in [6.45, 7) is -1.46. The van der Waals surface area contributed by atoms with Crippen molar-refractivity contribution in [3.8, 4) is 0 Å². The van der Waals surface area contributed by atoms with Crippen LogP contribution in [0.2, 0.25) is 0 Å². The van der Waals surface area contributed by atoms with Gasteiger partial charge in [-0.15, -0.1) is 0 Å². The Morgan fingerprint density at radius 1 is 0.414 bits per heavy atom. The van der Waals surface area contributed by atoms with Crippen molar-refractivity contribution < 1.29 is 109 Å². The van der Waals surface area contributed by atoms with Gasteiger partial charge in [-0.1, -0.05) is 12.8 Å². The number of nitrogens with two attached hydrogens (primary N) is 1. The van der Waals surface area contributed by atoms with E-state index in [2.05, 4.69) is 0 Å². The quantitative estimate of drug-likeness (QED) is 0.0450. The van der Waals surface area contributed by atoms with Crippen molar-refractivity contribution in [3.63, 3.8) is 0 Å². The highest BCUT2D eigenvalue weighted by atomic mass is 16.8. The third kappa shape index (κ3) is 12.6. The highest BCUT2D eigenvalue weighted by molar-refractivity contribution is 4.95. The molecule has 0 aromatic rings. The number of unbranched alkanes of at least 4 members (excludes halogenated alkanes) is 3. The molecule has 4 fully saturated rings. The fourth-order valence-electron chi connectivity index (χ4n) is 7.04. The van der Waals surface area contributed by atoms with Crippen molar-refractivity contribution in [1.82, 2.24) is 4.90 Å². The molecule has 16 N–H and O–H groups in total. The molecule has 4 rings (SSSR count). The van der Waals surface area contributed by atoms with Gasteiger partial charge in [-0.3, -0.25) is 4.90 Å². The van der Waals surface area contributed by atoms with Crippen LogP contribution in [-0.4, -0.2) is 265 Å². The summed E-state index contributed by atoms with van der Waals surface area (Å²) in [5.41, 5.74) is 5.61. The van der Waals surface area contributed by atoms with E-state index < -0.39 is 149 Å². The van der Waals surface area contributed by atoms with Crippen molar-refractivity contribution in [2.24, 2.45) is 5.73 Å². The molecule has 24 nitrogen and oxygen atoms in total. The van der Waals surface area contributed by atoms with Gasteiger partial charge in [0.15, 0.2) is 25.2 Å². The molecule has 4 heterocycles. The first-order valence-corrected chi connectivity index (χ1v) is 19.5. The van der Waals surface area contributed by atoms with E-state index in [1.54, 1.807) is 0 Å². The van der Waals surface area contributed by atoms with Gasteiger partial charge in [0.05, 0.1) is 39.6 Å². The zero-order valence-corrected chi connectivity index (χ0v) is 32.0. The van der Waals surface area contributed by atoms with E-state index in [4.69, 9.17) is 43.6 Å². The number of ether oxygens (including phenoxy) is 8. The molecular formula is C34H64N2O22. The second-order valence-electron chi connectivity index (χ2n) is 14.8. The minimum absolute atomic E-state index is 0.0351. The summed E-state index contributed by atoms with van der Waals surface area (Å²) in [6, 6.07) is 0. The second-order valence-corrected chi connectivity index (χ2v) is 14.8. The molecule has 0 saturated carbocycles. The Kier molecular flexibility index (Phi) is 20.6. The average Bonchev–Trinajstić information content (AvgIpc) is 3.21. The molecule has 342 valence electrons. The molecule has 0 amide bonds. The molecule has 0 aromatic carbocycles. The molecule has 0 spiro atoms. The van der Waals surface area contributed by atoms with Crippen molar-refractivity contribution in [2.45, 2.75) is 149 Å². The van der Waals surface area contributed by atoms with Crippen molar-refractivity contribution in [1.29, 1.82) is 0 Å². The molecule has 0 unspecified atom stereocenters.